The number of aromatic nitrogens is 2. The maximum absolute atomic E-state index is 12.2. The minimum atomic E-state index is -0.427. The lowest BCUT2D eigenvalue weighted by atomic mass is 10.2. The second-order valence-electron chi connectivity index (χ2n) is 5.59. The molecule has 1 heterocycles. The highest BCUT2D eigenvalue weighted by Crippen LogP contribution is 2.31. The van der Waals surface area contributed by atoms with Gasteiger partial charge >= 0.3 is 0 Å². The predicted octanol–water partition coefficient (Wildman–Crippen LogP) is 3.24. The zero-order valence-electron chi connectivity index (χ0n) is 14.7. The van der Waals surface area contributed by atoms with E-state index in [0.717, 1.165) is 5.56 Å². The van der Waals surface area contributed by atoms with Crippen LogP contribution < -0.4 is 14.8 Å². The van der Waals surface area contributed by atoms with Gasteiger partial charge in [-0.15, -0.1) is 0 Å². The van der Waals surface area contributed by atoms with Gasteiger partial charge in [-0.05, 0) is 37.3 Å². The molecule has 1 amide bonds. The van der Waals surface area contributed by atoms with Gasteiger partial charge in [-0.25, -0.2) is 0 Å². The lowest BCUT2D eigenvalue weighted by Crippen LogP contribution is -2.26. The Labute approximate surface area is 150 Å². The SMILES string of the molecule is COc1ccc(-c2noc([C@@H](C)NC(=O)c3ccccc3)n2)cc1OC. The fraction of sp³-hybridized carbons (Fsp3) is 0.211. The number of nitrogens with zero attached hydrogens (tertiary/aromatic N) is 2. The van der Waals surface area contributed by atoms with Gasteiger partial charge in [0.2, 0.25) is 11.7 Å². The minimum absolute atomic E-state index is 0.205. The topological polar surface area (TPSA) is 86.5 Å². The Kier molecular flexibility index (Phi) is 5.17. The summed E-state index contributed by atoms with van der Waals surface area (Å²) in [7, 11) is 3.13. The van der Waals surface area contributed by atoms with Crippen LogP contribution in [0.4, 0.5) is 0 Å². The summed E-state index contributed by atoms with van der Waals surface area (Å²) in [6, 6.07) is 13.9. The second-order valence-corrected chi connectivity index (χ2v) is 5.59. The fourth-order valence-electron chi connectivity index (χ4n) is 2.43. The molecule has 3 aromatic rings. The molecular weight excluding hydrogens is 334 g/mol. The number of amides is 1. The van der Waals surface area contributed by atoms with Crippen molar-refractivity contribution >= 4 is 5.91 Å². The summed E-state index contributed by atoms with van der Waals surface area (Å²) in [5, 5.41) is 6.82. The van der Waals surface area contributed by atoms with Crippen molar-refractivity contribution in [3.63, 3.8) is 0 Å². The molecule has 134 valence electrons. The number of benzene rings is 2. The van der Waals surface area contributed by atoms with Crippen LogP contribution in [-0.2, 0) is 0 Å². The van der Waals surface area contributed by atoms with Gasteiger partial charge in [0, 0.05) is 11.1 Å². The largest absolute Gasteiger partial charge is 0.493 e. The molecule has 0 aliphatic rings. The summed E-state index contributed by atoms with van der Waals surface area (Å²) in [5.41, 5.74) is 1.29. The Hall–Kier alpha value is -3.35. The van der Waals surface area contributed by atoms with Crippen molar-refractivity contribution in [2.45, 2.75) is 13.0 Å². The van der Waals surface area contributed by atoms with E-state index in [1.807, 2.05) is 12.1 Å². The Balaban J connectivity index is 1.76. The zero-order valence-corrected chi connectivity index (χ0v) is 14.7. The Morgan fingerprint density at radius 3 is 2.50 bits per heavy atom. The van der Waals surface area contributed by atoms with Crippen LogP contribution in [0.1, 0.15) is 29.2 Å². The number of carbonyl (C=O) groups is 1. The van der Waals surface area contributed by atoms with Gasteiger partial charge in [0.1, 0.15) is 6.04 Å². The standard InChI is InChI=1S/C19H19N3O4/c1-12(20-18(23)13-7-5-4-6-8-13)19-21-17(22-26-19)14-9-10-15(24-2)16(11-14)25-3/h4-12H,1-3H3,(H,20,23)/t12-/m1/s1. The van der Waals surface area contributed by atoms with E-state index in [4.69, 9.17) is 14.0 Å². The van der Waals surface area contributed by atoms with Gasteiger partial charge < -0.3 is 19.3 Å². The van der Waals surface area contributed by atoms with E-state index in [0.29, 0.717) is 28.8 Å². The van der Waals surface area contributed by atoms with Crippen molar-refractivity contribution < 1.29 is 18.8 Å². The van der Waals surface area contributed by atoms with Crippen LogP contribution in [0.5, 0.6) is 11.5 Å². The van der Waals surface area contributed by atoms with Gasteiger partial charge in [-0.3, -0.25) is 4.79 Å². The van der Waals surface area contributed by atoms with Gasteiger partial charge in [0.05, 0.1) is 14.2 Å². The Bertz CT molecular complexity index is 893. The fourth-order valence-corrected chi connectivity index (χ4v) is 2.43. The quantitative estimate of drug-likeness (QED) is 0.732. The molecule has 3 rings (SSSR count). The number of methoxy groups -OCH3 is 2. The van der Waals surface area contributed by atoms with Crippen molar-refractivity contribution in [2.75, 3.05) is 14.2 Å². The monoisotopic (exact) mass is 353 g/mol. The first-order valence-electron chi connectivity index (χ1n) is 8.04. The van der Waals surface area contributed by atoms with Gasteiger partial charge in [0.25, 0.3) is 5.91 Å². The first-order chi connectivity index (χ1) is 12.6. The summed E-state index contributed by atoms with van der Waals surface area (Å²) in [6.07, 6.45) is 0. The van der Waals surface area contributed by atoms with Gasteiger partial charge in [-0.1, -0.05) is 23.4 Å². The molecule has 0 saturated heterocycles. The molecule has 0 spiro atoms. The van der Waals surface area contributed by atoms with Crippen LogP contribution in [0, 0.1) is 0 Å². The maximum Gasteiger partial charge on any atom is 0.251 e. The van der Waals surface area contributed by atoms with Crippen molar-refractivity contribution in [3.8, 4) is 22.9 Å². The average molecular weight is 353 g/mol. The summed E-state index contributed by atoms with van der Waals surface area (Å²) >= 11 is 0. The molecule has 0 unspecified atom stereocenters. The third-order valence-electron chi connectivity index (χ3n) is 3.84. The molecule has 1 atom stereocenters. The lowest BCUT2D eigenvalue weighted by Gasteiger charge is -2.09. The van der Waals surface area contributed by atoms with Crippen LogP contribution >= 0.6 is 0 Å². The van der Waals surface area contributed by atoms with Crippen LogP contribution in [0.15, 0.2) is 53.1 Å². The number of ether oxygens (including phenoxy) is 2. The van der Waals surface area contributed by atoms with Crippen molar-refractivity contribution in [1.29, 1.82) is 0 Å². The summed E-state index contributed by atoms with van der Waals surface area (Å²) in [5.74, 6) is 1.70. The maximum atomic E-state index is 12.2. The van der Waals surface area contributed by atoms with Crippen LogP contribution in [0.25, 0.3) is 11.4 Å². The number of carbonyl (C=O) groups excluding carboxylic acids is 1. The van der Waals surface area contributed by atoms with Crippen LogP contribution in [-0.4, -0.2) is 30.3 Å². The smallest absolute Gasteiger partial charge is 0.251 e. The van der Waals surface area contributed by atoms with E-state index in [2.05, 4.69) is 15.5 Å². The molecule has 2 aromatic carbocycles. The molecule has 7 heteroatoms. The van der Waals surface area contributed by atoms with Gasteiger partial charge in [0.15, 0.2) is 11.5 Å². The third kappa shape index (κ3) is 3.66. The van der Waals surface area contributed by atoms with E-state index in [1.165, 1.54) is 0 Å². The average Bonchev–Trinajstić information content (AvgIpc) is 3.18. The second kappa shape index (κ2) is 7.69. The normalized spacial score (nSPS) is 11.7. The van der Waals surface area contributed by atoms with E-state index < -0.39 is 6.04 Å². The van der Waals surface area contributed by atoms with Crippen molar-refractivity contribution in [2.24, 2.45) is 0 Å². The lowest BCUT2D eigenvalue weighted by molar-refractivity contribution is 0.0932. The van der Waals surface area contributed by atoms with Crippen LogP contribution in [0.2, 0.25) is 0 Å². The van der Waals surface area contributed by atoms with Gasteiger partial charge in [-0.2, -0.15) is 4.98 Å². The molecular formula is C19H19N3O4. The summed E-state index contributed by atoms with van der Waals surface area (Å²) < 4.78 is 15.8. The number of rotatable bonds is 6. The zero-order chi connectivity index (χ0) is 18.5. The molecule has 0 fully saturated rings. The molecule has 26 heavy (non-hydrogen) atoms. The van der Waals surface area contributed by atoms with Crippen molar-refractivity contribution in [1.82, 2.24) is 15.5 Å². The number of hydrogen-bond acceptors (Lipinski definition) is 6. The molecule has 0 aliphatic heterocycles. The predicted molar refractivity (Wildman–Crippen MR) is 95.2 cm³/mol. The number of nitrogens with one attached hydrogen (secondary N) is 1. The highest BCUT2D eigenvalue weighted by molar-refractivity contribution is 5.94. The van der Waals surface area contributed by atoms with E-state index in [1.54, 1.807) is 57.5 Å². The molecule has 0 bridgehead atoms. The van der Waals surface area contributed by atoms with E-state index in [-0.39, 0.29) is 5.91 Å². The summed E-state index contributed by atoms with van der Waals surface area (Å²) in [4.78, 5) is 16.6. The molecule has 1 aromatic heterocycles. The number of hydrogen-bond donors (Lipinski definition) is 1. The molecule has 7 nitrogen and oxygen atoms in total. The minimum Gasteiger partial charge on any atom is -0.493 e. The molecule has 0 aliphatic carbocycles. The van der Waals surface area contributed by atoms with E-state index in [9.17, 15) is 4.79 Å². The van der Waals surface area contributed by atoms with Crippen molar-refractivity contribution in [3.05, 3.63) is 60.0 Å². The Morgan fingerprint density at radius 2 is 1.81 bits per heavy atom. The molecule has 1 N–H and O–H groups in total. The van der Waals surface area contributed by atoms with E-state index >= 15 is 0 Å². The highest BCUT2D eigenvalue weighted by Gasteiger charge is 2.18. The molecule has 0 saturated carbocycles. The molecule has 0 radical (unpaired) electrons. The third-order valence-corrected chi connectivity index (χ3v) is 3.84. The first kappa shape index (κ1) is 17.5. The summed E-state index contributed by atoms with van der Waals surface area (Å²) in [6.45, 7) is 1.78. The van der Waals surface area contributed by atoms with Crippen LogP contribution in [0.3, 0.4) is 0 Å². The highest BCUT2D eigenvalue weighted by atomic mass is 16.5. The first-order valence-corrected chi connectivity index (χ1v) is 8.04. The Morgan fingerprint density at radius 1 is 1.08 bits per heavy atom.